The molecule has 0 aliphatic rings. The summed E-state index contributed by atoms with van der Waals surface area (Å²) < 4.78 is 0. The van der Waals surface area contributed by atoms with Crippen LogP contribution in [-0.2, 0) is 6.54 Å². The second kappa shape index (κ2) is 11.2. The number of aromatic hydroxyl groups is 2. The van der Waals surface area contributed by atoms with Crippen LogP contribution in [0.15, 0.2) is 70.5 Å². The molecule has 32 heavy (non-hydrogen) atoms. The van der Waals surface area contributed by atoms with Crippen molar-refractivity contribution in [3.8, 4) is 11.5 Å². The quantitative estimate of drug-likeness (QED) is 0.362. The van der Waals surface area contributed by atoms with E-state index in [-0.39, 0.29) is 29.4 Å². The molecule has 0 aliphatic carbocycles. The molecule has 4 nitrogen and oxygen atoms in total. The summed E-state index contributed by atoms with van der Waals surface area (Å²) in [6.45, 7) is 10.6. The average Bonchev–Trinajstić information content (AvgIpc) is 2.78. The molecule has 170 valence electrons. The molecule has 4 N–H and O–H groups in total. The highest BCUT2D eigenvalue weighted by Crippen LogP contribution is 2.46. The number of phenols is 2. The predicted octanol–water partition coefficient (Wildman–Crippen LogP) is 6.72. The summed E-state index contributed by atoms with van der Waals surface area (Å²) in [5.41, 5.74) is 8.90. The monoisotopic (exact) mass is 451 g/mol. The molecule has 1 atom stereocenters. The molecule has 0 amide bonds. The third-order valence-electron chi connectivity index (χ3n) is 5.07. The third kappa shape index (κ3) is 6.15. The predicted molar refractivity (Wildman–Crippen MR) is 133 cm³/mol. The lowest BCUT2D eigenvalue weighted by molar-refractivity contribution is 0.112. The number of aldehydes is 1. The lowest BCUT2D eigenvalue weighted by Crippen LogP contribution is -2.20. The third-order valence-corrected chi connectivity index (χ3v) is 6.05. The van der Waals surface area contributed by atoms with Gasteiger partial charge < -0.3 is 15.9 Å². The van der Waals surface area contributed by atoms with Gasteiger partial charge in [-0.2, -0.15) is 0 Å². The average molecular weight is 452 g/mol. The van der Waals surface area contributed by atoms with Gasteiger partial charge in [-0.05, 0) is 47.4 Å². The fourth-order valence-electron chi connectivity index (χ4n) is 3.69. The number of hydrogen-bond acceptors (Lipinski definition) is 5. The van der Waals surface area contributed by atoms with Gasteiger partial charge in [-0.3, -0.25) is 4.79 Å². The van der Waals surface area contributed by atoms with Gasteiger partial charge >= 0.3 is 0 Å². The number of nitrogens with two attached hydrogens (primary N) is 1. The zero-order valence-electron chi connectivity index (χ0n) is 19.4. The van der Waals surface area contributed by atoms with Crippen molar-refractivity contribution in [3.63, 3.8) is 0 Å². The molecular weight excluding hydrogens is 418 g/mol. The van der Waals surface area contributed by atoms with Crippen LogP contribution in [0.2, 0.25) is 0 Å². The number of benzene rings is 3. The number of hydrogen-bond donors (Lipinski definition) is 3. The molecule has 0 spiro atoms. The van der Waals surface area contributed by atoms with E-state index < -0.39 is 0 Å². The van der Waals surface area contributed by atoms with E-state index in [1.54, 1.807) is 36.0 Å². The maximum Gasteiger partial charge on any atom is 0.150 e. The van der Waals surface area contributed by atoms with Crippen LogP contribution in [0.3, 0.4) is 0 Å². The lowest BCUT2D eigenvalue weighted by atomic mass is 9.72. The maximum absolute atomic E-state index is 11.1. The number of carbonyl (C=O) groups is 1. The van der Waals surface area contributed by atoms with Crippen molar-refractivity contribution in [2.45, 2.75) is 56.9 Å². The Kier molecular flexibility index (Phi) is 8.93. The van der Waals surface area contributed by atoms with Gasteiger partial charge in [0.1, 0.15) is 17.8 Å². The van der Waals surface area contributed by atoms with Crippen molar-refractivity contribution in [3.05, 3.63) is 82.9 Å². The van der Waals surface area contributed by atoms with Crippen molar-refractivity contribution in [1.82, 2.24) is 0 Å². The smallest absolute Gasteiger partial charge is 0.150 e. The van der Waals surface area contributed by atoms with Gasteiger partial charge in [-0.1, -0.05) is 70.6 Å². The minimum absolute atomic E-state index is 0.0936. The van der Waals surface area contributed by atoms with Crippen LogP contribution < -0.4 is 5.73 Å². The molecule has 0 fully saturated rings. The Morgan fingerprint density at radius 1 is 0.938 bits per heavy atom. The molecule has 5 heteroatoms. The molecule has 1 unspecified atom stereocenters. The minimum Gasteiger partial charge on any atom is -0.508 e. The highest BCUT2D eigenvalue weighted by atomic mass is 32.2. The number of carbonyl (C=O) groups excluding carboxylic acids is 1. The maximum atomic E-state index is 11.1. The summed E-state index contributed by atoms with van der Waals surface area (Å²) in [4.78, 5) is 13.0. The molecule has 0 aliphatic heterocycles. The zero-order valence-corrected chi connectivity index (χ0v) is 20.2. The van der Waals surface area contributed by atoms with Crippen LogP contribution in [0.1, 0.15) is 67.6 Å². The minimum atomic E-state index is -0.187. The topological polar surface area (TPSA) is 83.5 Å². The SMILES string of the molecule is CC.CC(C)(C)C(c1ccc(C=O)cc1)c1cc(Sc2ccc(O)cc2)cc(CN)c1O. The molecule has 0 saturated heterocycles. The largest absolute Gasteiger partial charge is 0.508 e. The molecule has 0 heterocycles. The van der Waals surface area contributed by atoms with Gasteiger partial charge in [0.25, 0.3) is 0 Å². The van der Waals surface area contributed by atoms with Gasteiger partial charge in [0.05, 0.1) is 0 Å². The Morgan fingerprint density at radius 3 is 2.03 bits per heavy atom. The Labute approximate surface area is 195 Å². The van der Waals surface area contributed by atoms with Crippen LogP contribution >= 0.6 is 11.8 Å². The van der Waals surface area contributed by atoms with Crippen molar-refractivity contribution >= 4 is 18.0 Å². The highest BCUT2D eigenvalue weighted by Gasteiger charge is 2.31. The van der Waals surface area contributed by atoms with Crippen LogP contribution in [0.25, 0.3) is 0 Å². The van der Waals surface area contributed by atoms with Gasteiger partial charge in [0.2, 0.25) is 0 Å². The summed E-state index contributed by atoms with van der Waals surface area (Å²) >= 11 is 1.55. The van der Waals surface area contributed by atoms with Crippen molar-refractivity contribution in [1.29, 1.82) is 0 Å². The first kappa shape index (κ1) is 25.5. The number of rotatable bonds is 6. The van der Waals surface area contributed by atoms with Gasteiger partial charge in [-0.15, -0.1) is 0 Å². The number of phenolic OH excluding ortho intramolecular Hbond substituents is 2. The van der Waals surface area contributed by atoms with E-state index in [9.17, 15) is 15.0 Å². The first-order valence-corrected chi connectivity index (χ1v) is 11.6. The van der Waals surface area contributed by atoms with Crippen molar-refractivity contribution in [2.75, 3.05) is 0 Å². The molecule has 0 saturated carbocycles. The first-order valence-electron chi connectivity index (χ1n) is 10.8. The molecule has 3 rings (SSSR count). The van der Waals surface area contributed by atoms with Crippen molar-refractivity contribution < 1.29 is 15.0 Å². The summed E-state index contributed by atoms with van der Waals surface area (Å²) in [5.74, 6) is 0.343. The van der Waals surface area contributed by atoms with E-state index in [0.717, 1.165) is 27.2 Å². The Hall–Kier alpha value is -2.76. The van der Waals surface area contributed by atoms with Gasteiger partial charge in [0, 0.05) is 38.9 Å². The summed E-state index contributed by atoms with van der Waals surface area (Å²) in [5, 5.41) is 20.6. The second-order valence-electron chi connectivity index (χ2n) is 8.40. The Balaban J connectivity index is 0.00000176. The fourth-order valence-corrected chi connectivity index (χ4v) is 4.62. The highest BCUT2D eigenvalue weighted by molar-refractivity contribution is 7.99. The molecule has 3 aromatic rings. The first-order chi connectivity index (χ1) is 15.2. The van der Waals surface area contributed by atoms with Crippen molar-refractivity contribution in [2.24, 2.45) is 11.1 Å². The second-order valence-corrected chi connectivity index (χ2v) is 9.55. The van der Waals surface area contributed by atoms with Crippen LogP contribution in [0, 0.1) is 5.41 Å². The summed E-state index contributed by atoms with van der Waals surface area (Å²) in [6.07, 6.45) is 0.828. The van der Waals surface area contributed by atoms with E-state index in [4.69, 9.17) is 5.73 Å². The molecular formula is C27H33NO3S. The zero-order chi connectivity index (χ0) is 23.9. The van der Waals surface area contributed by atoms with Crippen LogP contribution in [0.5, 0.6) is 11.5 Å². The molecule has 3 aromatic carbocycles. The van der Waals surface area contributed by atoms with Crippen LogP contribution in [0.4, 0.5) is 0 Å². The van der Waals surface area contributed by atoms with E-state index >= 15 is 0 Å². The van der Waals surface area contributed by atoms with Gasteiger partial charge in [-0.25, -0.2) is 0 Å². The Bertz CT molecular complexity index is 1020. The summed E-state index contributed by atoms with van der Waals surface area (Å²) in [7, 11) is 0. The van der Waals surface area contributed by atoms with E-state index in [1.165, 1.54) is 0 Å². The molecule has 0 bridgehead atoms. The normalized spacial score (nSPS) is 11.9. The van der Waals surface area contributed by atoms with Crippen LogP contribution in [-0.4, -0.2) is 16.5 Å². The molecule has 0 aromatic heterocycles. The Morgan fingerprint density at radius 2 is 1.53 bits per heavy atom. The molecule has 0 radical (unpaired) electrons. The lowest BCUT2D eigenvalue weighted by Gasteiger charge is -2.33. The summed E-state index contributed by atoms with van der Waals surface area (Å²) in [6, 6.07) is 18.4. The fraction of sp³-hybridized carbons (Fsp3) is 0.296. The van der Waals surface area contributed by atoms with E-state index in [1.807, 2.05) is 50.2 Å². The van der Waals surface area contributed by atoms with Gasteiger partial charge in [0.15, 0.2) is 0 Å². The van der Waals surface area contributed by atoms with E-state index in [2.05, 4.69) is 20.8 Å². The standard InChI is InChI=1S/C25H27NO3S.C2H6/c1-25(2,3)23(17-6-4-16(15-27)5-7-17)22-13-21(12-18(14-26)24(22)29)30-20-10-8-19(28)9-11-20;1-2/h4-13,15,23,28-29H,14,26H2,1-3H3;1-2H3. The van der Waals surface area contributed by atoms with E-state index in [0.29, 0.717) is 11.1 Å².